The van der Waals surface area contributed by atoms with Crippen molar-refractivity contribution in [2.75, 3.05) is 34.4 Å². The maximum Gasteiger partial charge on any atom is 0.500 e. The fraction of sp³-hybridized carbons (Fsp3) is 0.750. The van der Waals surface area contributed by atoms with Gasteiger partial charge in [-0.15, -0.1) is 0 Å². The third-order valence-corrected chi connectivity index (χ3v) is 5.93. The molecule has 0 aliphatic heterocycles. The van der Waals surface area contributed by atoms with Crippen LogP contribution in [-0.2, 0) is 19.8 Å². The Morgan fingerprint density at radius 2 is 1.79 bits per heavy atom. The third-order valence-electron chi connectivity index (χ3n) is 3.10. The van der Waals surface area contributed by atoms with Crippen LogP contribution in [0.2, 0.25) is 6.04 Å². The van der Waals surface area contributed by atoms with Gasteiger partial charge in [-0.25, -0.2) is 4.98 Å². The van der Waals surface area contributed by atoms with Gasteiger partial charge in [0.15, 0.2) is 0 Å². The second kappa shape index (κ2) is 9.22. The van der Waals surface area contributed by atoms with E-state index in [1.807, 2.05) is 12.5 Å². The van der Waals surface area contributed by atoms with E-state index in [-0.39, 0.29) is 0 Å². The minimum atomic E-state index is -2.38. The van der Waals surface area contributed by atoms with E-state index in [9.17, 15) is 0 Å². The first-order valence-electron chi connectivity index (χ1n) is 6.58. The molecule has 7 heteroatoms. The van der Waals surface area contributed by atoms with Crippen LogP contribution >= 0.6 is 0 Å². The van der Waals surface area contributed by atoms with Crippen LogP contribution in [-0.4, -0.2) is 52.8 Å². The van der Waals surface area contributed by atoms with Gasteiger partial charge in [0.1, 0.15) is 0 Å². The highest BCUT2D eigenvalue weighted by atomic mass is 28.4. The van der Waals surface area contributed by atoms with Gasteiger partial charge >= 0.3 is 8.80 Å². The van der Waals surface area contributed by atoms with Crippen LogP contribution in [0.3, 0.4) is 0 Å². The van der Waals surface area contributed by atoms with Crippen molar-refractivity contribution in [2.24, 2.45) is 0 Å². The quantitative estimate of drug-likeness (QED) is 0.488. The van der Waals surface area contributed by atoms with Gasteiger partial charge in [-0.1, -0.05) is 0 Å². The van der Waals surface area contributed by atoms with Crippen LogP contribution in [0.25, 0.3) is 0 Å². The molecule has 0 saturated carbocycles. The van der Waals surface area contributed by atoms with Gasteiger partial charge in [-0.2, -0.15) is 0 Å². The summed E-state index contributed by atoms with van der Waals surface area (Å²) in [6.07, 6.45) is 7.72. The van der Waals surface area contributed by atoms with E-state index in [0.29, 0.717) is 0 Å². The SMILES string of the molecule is CO[Si](CCCNCCCn1ccnc1)(OC)OC. The Kier molecular flexibility index (Phi) is 7.92. The number of aromatic nitrogens is 2. The molecule has 19 heavy (non-hydrogen) atoms. The number of nitrogens with one attached hydrogen (secondary N) is 1. The lowest BCUT2D eigenvalue weighted by Crippen LogP contribution is -2.43. The summed E-state index contributed by atoms with van der Waals surface area (Å²) in [6, 6.07) is 0.838. The van der Waals surface area contributed by atoms with E-state index in [1.54, 1.807) is 27.5 Å². The molecule has 1 N–H and O–H groups in total. The average molecular weight is 287 g/mol. The maximum atomic E-state index is 5.37. The summed E-state index contributed by atoms with van der Waals surface area (Å²) in [4.78, 5) is 4.01. The van der Waals surface area contributed by atoms with E-state index >= 15 is 0 Å². The molecule has 0 aliphatic rings. The number of nitrogens with zero attached hydrogens (tertiary/aromatic N) is 2. The molecule has 1 aromatic heterocycles. The lowest BCUT2D eigenvalue weighted by atomic mass is 10.4. The Balaban J connectivity index is 2.01. The monoisotopic (exact) mass is 287 g/mol. The Morgan fingerprint density at radius 1 is 1.11 bits per heavy atom. The van der Waals surface area contributed by atoms with Crippen molar-refractivity contribution >= 4 is 8.80 Å². The molecule has 0 amide bonds. The second-order valence-corrected chi connectivity index (χ2v) is 7.39. The molecule has 0 atom stereocenters. The van der Waals surface area contributed by atoms with E-state index < -0.39 is 8.80 Å². The molecule has 0 aliphatic carbocycles. The standard InChI is InChI=1S/C12H25N3O3Si/c1-16-19(17-2,18-3)11-5-7-13-6-4-9-15-10-8-14-12-15/h8,10,12-13H,4-7,9,11H2,1-3H3. The molecule has 0 radical (unpaired) electrons. The lowest BCUT2D eigenvalue weighted by molar-refractivity contribution is 0.123. The number of hydrogen-bond acceptors (Lipinski definition) is 5. The Hall–Kier alpha value is -0.733. The predicted molar refractivity (Wildman–Crippen MR) is 75.9 cm³/mol. The molecule has 0 bridgehead atoms. The normalized spacial score (nSPS) is 11.9. The zero-order valence-corrected chi connectivity index (χ0v) is 13.1. The third kappa shape index (κ3) is 5.83. The van der Waals surface area contributed by atoms with E-state index in [2.05, 4.69) is 14.9 Å². The van der Waals surface area contributed by atoms with Gasteiger partial charge < -0.3 is 23.2 Å². The first kappa shape index (κ1) is 16.3. The van der Waals surface area contributed by atoms with Gasteiger partial charge in [-0.05, 0) is 25.9 Å². The number of hydrogen-bond donors (Lipinski definition) is 1. The summed E-state index contributed by atoms with van der Waals surface area (Å²) in [5, 5.41) is 3.41. The minimum absolute atomic E-state index is 0.838. The van der Waals surface area contributed by atoms with Crippen molar-refractivity contribution in [3.8, 4) is 0 Å². The summed E-state index contributed by atoms with van der Waals surface area (Å²) in [5.74, 6) is 0. The summed E-state index contributed by atoms with van der Waals surface area (Å²) in [5.41, 5.74) is 0. The molecule has 0 unspecified atom stereocenters. The number of rotatable bonds is 11. The van der Waals surface area contributed by atoms with Gasteiger partial charge in [0, 0.05) is 46.3 Å². The van der Waals surface area contributed by atoms with Crippen LogP contribution in [0, 0.1) is 0 Å². The van der Waals surface area contributed by atoms with Crippen LogP contribution in [0.15, 0.2) is 18.7 Å². The summed E-state index contributed by atoms with van der Waals surface area (Å²) in [7, 11) is 2.57. The fourth-order valence-electron chi connectivity index (χ4n) is 1.92. The smallest absolute Gasteiger partial charge is 0.377 e. The average Bonchev–Trinajstić information content (AvgIpc) is 2.96. The maximum absolute atomic E-state index is 5.37. The second-order valence-electron chi connectivity index (χ2n) is 4.30. The van der Waals surface area contributed by atoms with Gasteiger partial charge in [0.05, 0.1) is 6.33 Å². The summed E-state index contributed by atoms with van der Waals surface area (Å²) < 4.78 is 18.2. The number of imidazole rings is 1. The van der Waals surface area contributed by atoms with Crippen molar-refractivity contribution in [3.05, 3.63) is 18.7 Å². The summed E-state index contributed by atoms with van der Waals surface area (Å²) >= 11 is 0. The van der Waals surface area contributed by atoms with Crippen LogP contribution in [0.5, 0.6) is 0 Å². The number of aryl methyl sites for hydroxylation is 1. The van der Waals surface area contributed by atoms with Crippen molar-refractivity contribution in [1.29, 1.82) is 0 Å². The zero-order valence-electron chi connectivity index (χ0n) is 12.1. The van der Waals surface area contributed by atoms with Crippen LogP contribution in [0.4, 0.5) is 0 Å². The molecular formula is C12H25N3O3Si. The Bertz CT molecular complexity index is 310. The van der Waals surface area contributed by atoms with Gasteiger partial charge in [0.25, 0.3) is 0 Å². The van der Waals surface area contributed by atoms with Crippen molar-refractivity contribution in [1.82, 2.24) is 14.9 Å². The molecule has 110 valence electrons. The summed E-state index contributed by atoms with van der Waals surface area (Å²) in [6.45, 7) is 2.95. The highest BCUT2D eigenvalue weighted by Crippen LogP contribution is 2.14. The molecule has 1 heterocycles. The topological polar surface area (TPSA) is 57.5 Å². The molecular weight excluding hydrogens is 262 g/mol. The molecule has 0 fully saturated rings. The molecule has 1 rings (SSSR count). The highest BCUT2D eigenvalue weighted by Gasteiger charge is 2.36. The van der Waals surface area contributed by atoms with Crippen molar-refractivity contribution in [3.63, 3.8) is 0 Å². The largest absolute Gasteiger partial charge is 0.500 e. The van der Waals surface area contributed by atoms with Crippen LogP contribution in [0.1, 0.15) is 12.8 Å². The van der Waals surface area contributed by atoms with E-state index in [1.165, 1.54) is 0 Å². The molecule has 1 aromatic rings. The Morgan fingerprint density at radius 3 is 2.37 bits per heavy atom. The fourth-order valence-corrected chi connectivity index (χ4v) is 3.64. The first-order chi connectivity index (χ1) is 9.26. The van der Waals surface area contributed by atoms with Crippen molar-refractivity contribution < 1.29 is 13.3 Å². The Labute approximate surface area is 116 Å². The zero-order chi connectivity index (χ0) is 14.0. The minimum Gasteiger partial charge on any atom is -0.377 e. The molecule has 6 nitrogen and oxygen atoms in total. The molecule has 0 spiro atoms. The van der Waals surface area contributed by atoms with E-state index in [0.717, 1.165) is 38.5 Å². The van der Waals surface area contributed by atoms with Gasteiger partial charge in [-0.3, -0.25) is 0 Å². The van der Waals surface area contributed by atoms with Crippen LogP contribution < -0.4 is 5.32 Å². The highest BCUT2D eigenvalue weighted by molar-refractivity contribution is 6.60. The van der Waals surface area contributed by atoms with Gasteiger partial charge in [0.2, 0.25) is 0 Å². The van der Waals surface area contributed by atoms with E-state index in [4.69, 9.17) is 13.3 Å². The first-order valence-corrected chi connectivity index (χ1v) is 8.51. The van der Waals surface area contributed by atoms with Crippen molar-refractivity contribution in [2.45, 2.75) is 25.4 Å². The molecule has 0 aromatic carbocycles. The predicted octanol–water partition coefficient (Wildman–Crippen LogP) is 1.13. The molecule has 0 saturated heterocycles. The lowest BCUT2D eigenvalue weighted by Gasteiger charge is -2.24.